The summed E-state index contributed by atoms with van der Waals surface area (Å²) in [6.45, 7) is 4.42. The second-order valence-electron chi connectivity index (χ2n) is 7.52. The van der Waals surface area contributed by atoms with Gasteiger partial charge in [0.15, 0.2) is 0 Å². The van der Waals surface area contributed by atoms with Crippen LogP contribution in [0, 0.1) is 13.8 Å². The van der Waals surface area contributed by atoms with Gasteiger partial charge in [-0.2, -0.15) is 0 Å². The van der Waals surface area contributed by atoms with Crippen LogP contribution < -0.4 is 8.92 Å². The van der Waals surface area contributed by atoms with Gasteiger partial charge in [-0.3, -0.25) is 0 Å². The average Bonchev–Trinajstić information content (AvgIpc) is 2.74. The van der Waals surface area contributed by atoms with Crippen molar-refractivity contribution in [2.75, 3.05) is 0 Å². The molecule has 0 saturated heterocycles. The van der Waals surface area contributed by atoms with Gasteiger partial charge in [0.05, 0.1) is 0 Å². The van der Waals surface area contributed by atoms with Crippen molar-refractivity contribution >= 4 is 23.9 Å². The Kier molecular flexibility index (Phi) is 6.30. The zero-order chi connectivity index (χ0) is 20.1. The summed E-state index contributed by atoms with van der Waals surface area (Å²) in [4.78, 5) is 0. The predicted molar refractivity (Wildman–Crippen MR) is 126 cm³/mol. The molecule has 0 amide bonds. The Hall–Kier alpha value is -2.60. The molecule has 0 aromatic heterocycles. The summed E-state index contributed by atoms with van der Waals surface area (Å²) in [5.74, 6) is 0. The minimum atomic E-state index is 0.290. The van der Waals surface area contributed by atoms with Crippen molar-refractivity contribution in [3.05, 3.63) is 130 Å². The van der Waals surface area contributed by atoms with E-state index in [9.17, 15) is 0 Å². The molecule has 0 bridgehead atoms. The minimum absolute atomic E-state index is 0.290. The molecule has 0 saturated carbocycles. The number of rotatable bonds is 6. The van der Waals surface area contributed by atoms with E-state index in [2.05, 4.69) is 111 Å². The van der Waals surface area contributed by atoms with Crippen LogP contribution in [0.25, 0.3) is 0 Å². The first kappa shape index (κ1) is 19.7. The number of benzene rings is 4. The first-order chi connectivity index (χ1) is 14.2. The molecule has 0 fully saturated rings. The monoisotopic (exact) mass is 442 g/mol. The fourth-order valence-electron chi connectivity index (χ4n) is 3.64. The summed E-state index contributed by atoms with van der Waals surface area (Å²) in [5, 5.41) is 0. The molecule has 0 aliphatic heterocycles. The molecule has 0 aliphatic carbocycles. The summed E-state index contributed by atoms with van der Waals surface area (Å²) in [6.07, 6.45) is 2.01. The normalized spacial score (nSPS) is 10.8. The first-order valence-electron chi connectivity index (χ1n) is 10.1. The molecule has 0 spiro atoms. The SMILES string of the molecule is Cc1ccccc1Cc1ccccc1[Se]c1ccccc1Cc1ccccc1C. The number of hydrogen-bond acceptors (Lipinski definition) is 0. The molecule has 0 N–H and O–H groups in total. The van der Waals surface area contributed by atoms with Crippen LogP contribution in [0.4, 0.5) is 0 Å². The van der Waals surface area contributed by atoms with E-state index in [0.29, 0.717) is 15.0 Å². The molecule has 0 heterocycles. The summed E-state index contributed by atoms with van der Waals surface area (Å²) < 4.78 is 2.97. The van der Waals surface area contributed by atoms with Gasteiger partial charge >= 0.3 is 181 Å². The van der Waals surface area contributed by atoms with Gasteiger partial charge in [-0.25, -0.2) is 0 Å². The molecule has 144 valence electrons. The second-order valence-corrected chi connectivity index (χ2v) is 9.80. The fourth-order valence-corrected chi connectivity index (χ4v) is 5.90. The topological polar surface area (TPSA) is 0 Å². The Morgan fingerprint density at radius 3 is 1.21 bits per heavy atom. The van der Waals surface area contributed by atoms with Gasteiger partial charge in [0.25, 0.3) is 0 Å². The van der Waals surface area contributed by atoms with Crippen LogP contribution in [-0.2, 0) is 12.8 Å². The quantitative estimate of drug-likeness (QED) is 0.364. The van der Waals surface area contributed by atoms with Gasteiger partial charge in [0.1, 0.15) is 0 Å². The van der Waals surface area contributed by atoms with E-state index >= 15 is 0 Å². The molecular weight excluding hydrogens is 415 g/mol. The van der Waals surface area contributed by atoms with Gasteiger partial charge in [-0.05, 0) is 0 Å². The standard InChI is InChI=1S/C28H26Se/c1-21-11-3-5-13-23(21)19-25-15-7-9-17-27(25)29-28-18-10-8-16-26(28)20-24-14-6-4-12-22(24)2/h3-18H,19-20H2,1-2H3. The van der Waals surface area contributed by atoms with Crippen LogP contribution in [0.15, 0.2) is 97.1 Å². The Morgan fingerprint density at radius 1 is 0.448 bits per heavy atom. The molecule has 4 rings (SSSR count). The average molecular weight is 441 g/mol. The molecule has 0 atom stereocenters. The van der Waals surface area contributed by atoms with Crippen LogP contribution >= 0.6 is 0 Å². The van der Waals surface area contributed by atoms with Crippen LogP contribution in [0.1, 0.15) is 33.4 Å². The van der Waals surface area contributed by atoms with Crippen LogP contribution in [0.5, 0.6) is 0 Å². The molecule has 0 unspecified atom stereocenters. The van der Waals surface area contributed by atoms with E-state index in [4.69, 9.17) is 0 Å². The second kappa shape index (κ2) is 9.26. The van der Waals surface area contributed by atoms with Crippen molar-refractivity contribution in [3.8, 4) is 0 Å². The van der Waals surface area contributed by atoms with E-state index in [1.165, 1.54) is 42.3 Å². The molecule has 29 heavy (non-hydrogen) atoms. The van der Waals surface area contributed by atoms with E-state index in [0.717, 1.165) is 12.8 Å². The first-order valence-corrected chi connectivity index (χ1v) is 11.8. The fraction of sp³-hybridized carbons (Fsp3) is 0.143. The third-order valence-electron chi connectivity index (χ3n) is 5.45. The van der Waals surface area contributed by atoms with E-state index in [1.54, 1.807) is 0 Å². The molecule has 4 aromatic rings. The predicted octanol–water partition coefficient (Wildman–Crippen LogP) is 5.14. The van der Waals surface area contributed by atoms with Gasteiger partial charge in [-0.15, -0.1) is 0 Å². The molecule has 0 radical (unpaired) electrons. The van der Waals surface area contributed by atoms with Crippen molar-refractivity contribution in [2.24, 2.45) is 0 Å². The van der Waals surface area contributed by atoms with Gasteiger partial charge in [0, 0.05) is 0 Å². The van der Waals surface area contributed by atoms with Gasteiger partial charge in [0.2, 0.25) is 0 Å². The third-order valence-corrected chi connectivity index (χ3v) is 8.04. The summed E-state index contributed by atoms with van der Waals surface area (Å²) >= 11 is 0.290. The zero-order valence-corrected chi connectivity index (χ0v) is 18.8. The summed E-state index contributed by atoms with van der Waals surface area (Å²) in [7, 11) is 0. The van der Waals surface area contributed by atoms with Crippen molar-refractivity contribution in [2.45, 2.75) is 26.7 Å². The van der Waals surface area contributed by atoms with Gasteiger partial charge in [-0.1, -0.05) is 0 Å². The molecular formula is C28H26Se. The Labute approximate surface area is 180 Å². The van der Waals surface area contributed by atoms with Crippen LogP contribution in [0.3, 0.4) is 0 Å². The van der Waals surface area contributed by atoms with Gasteiger partial charge < -0.3 is 0 Å². The van der Waals surface area contributed by atoms with Crippen molar-refractivity contribution in [1.82, 2.24) is 0 Å². The molecule has 0 aliphatic rings. The van der Waals surface area contributed by atoms with E-state index in [-0.39, 0.29) is 0 Å². The van der Waals surface area contributed by atoms with E-state index < -0.39 is 0 Å². The number of aryl methyl sites for hydroxylation is 2. The van der Waals surface area contributed by atoms with Crippen LogP contribution in [-0.4, -0.2) is 15.0 Å². The summed E-state index contributed by atoms with van der Waals surface area (Å²) in [5.41, 5.74) is 8.48. The maximum absolute atomic E-state index is 2.32. The third kappa shape index (κ3) is 4.88. The van der Waals surface area contributed by atoms with Crippen molar-refractivity contribution in [1.29, 1.82) is 0 Å². The summed E-state index contributed by atoms with van der Waals surface area (Å²) in [6, 6.07) is 35.4. The van der Waals surface area contributed by atoms with Crippen molar-refractivity contribution in [3.63, 3.8) is 0 Å². The number of hydrogen-bond donors (Lipinski definition) is 0. The Balaban J connectivity index is 1.62. The molecule has 1 heteroatoms. The maximum atomic E-state index is 2.32. The van der Waals surface area contributed by atoms with E-state index in [1.807, 2.05) is 0 Å². The molecule has 0 nitrogen and oxygen atoms in total. The Morgan fingerprint density at radius 2 is 0.793 bits per heavy atom. The zero-order valence-electron chi connectivity index (χ0n) is 17.1. The Bertz CT molecular complexity index is 1020. The molecule has 4 aromatic carbocycles. The van der Waals surface area contributed by atoms with Crippen molar-refractivity contribution < 1.29 is 0 Å². The van der Waals surface area contributed by atoms with Crippen LogP contribution in [0.2, 0.25) is 0 Å².